The van der Waals surface area contributed by atoms with Gasteiger partial charge in [-0.3, -0.25) is 9.52 Å². The molecule has 4 aromatic carbocycles. The molecule has 0 saturated heterocycles. The number of nitrogens with one attached hydrogen (secondary N) is 2. The Morgan fingerprint density at radius 2 is 1.29 bits per heavy atom. The minimum Gasteiger partial charge on any atom is -0.457 e. The van der Waals surface area contributed by atoms with Crippen molar-refractivity contribution in [3.8, 4) is 11.5 Å². The molecule has 1 amide bonds. The first-order valence-electron chi connectivity index (χ1n) is 10.7. The Bertz CT molecular complexity index is 1360. The van der Waals surface area contributed by atoms with Gasteiger partial charge in [0.25, 0.3) is 15.9 Å². The number of carbonyl (C=O) groups excluding carboxylic acids is 1. The van der Waals surface area contributed by atoms with Gasteiger partial charge in [0.2, 0.25) is 0 Å². The first kappa shape index (κ1) is 23.1. The van der Waals surface area contributed by atoms with E-state index in [0.29, 0.717) is 11.5 Å². The summed E-state index contributed by atoms with van der Waals surface area (Å²) in [6.45, 7) is 1.87. The van der Waals surface area contributed by atoms with Crippen molar-refractivity contribution in [3.05, 3.63) is 120 Å². The van der Waals surface area contributed by atoms with Gasteiger partial charge in [-0.1, -0.05) is 60.7 Å². The van der Waals surface area contributed by atoms with E-state index in [2.05, 4.69) is 10.0 Å². The molecule has 172 valence electrons. The normalized spacial score (nSPS) is 11.9. The van der Waals surface area contributed by atoms with Crippen molar-refractivity contribution < 1.29 is 17.9 Å². The van der Waals surface area contributed by atoms with Crippen LogP contribution in [0.1, 0.15) is 28.9 Å². The highest BCUT2D eigenvalue weighted by molar-refractivity contribution is 7.92. The van der Waals surface area contributed by atoms with Gasteiger partial charge in [0.15, 0.2) is 0 Å². The van der Waals surface area contributed by atoms with Crippen LogP contribution in [0.3, 0.4) is 0 Å². The molecule has 0 fully saturated rings. The van der Waals surface area contributed by atoms with Crippen molar-refractivity contribution in [3.63, 3.8) is 0 Å². The molecule has 0 aliphatic rings. The van der Waals surface area contributed by atoms with Crippen molar-refractivity contribution in [2.75, 3.05) is 4.72 Å². The summed E-state index contributed by atoms with van der Waals surface area (Å²) in [5.74, 6) is 0.794. The van der Waals surface area contributed by atoms with Crippen LogP contribution in [-0.2, 0) is 10.0 Å². The fourth-order valence-electron chi connectivity index (χ4n) is 3.38. The van der Waals surface area contributed by atoms with E-state index in [9.17, 15) is 13.2 Å². The Morgan fingerprint density at radius 3 is 1.97 bits per heavy atom. The quantitative estimate of drug-likeness (QED) is 0.341. The molecule has 0 aliphatic heterocycles. The number of amides is 1. The van der Waals surface area contributed by atoms with Gasteiger partial charge >= 0.3 is 0 Å². The number of ether oxygens (including phenoxy) is 1. The molecule has 0 spiro atoms. The maximum Gasteiger partial charge on any atom is 0.261 e. The SMILES string of the molecule is C[C@@H](NC(=O)c1ccccc1NS(=O)(=O)c1ccc(Oc2ccccc2)cc1)c1ccccc1. The number of para-hydroxylation sites is 2. The van der Waals surface area contributed by atoms with E-state index >= 15 is 0 Å². The summed E-state index contributed by atoms with van der Waals surface area (Å²) >= 11 is 0. The second-order valence-electron chi connectivity index (χ2n) is 7.64. The molecule has 0 saturated carbocycles. The lowest BCUT2D eigenvalue weighted by Gasteiger charge is -2.17. The van der Waals surface area contributed by atoms with Gasteiger partial charge in [-0.15, -0.1) is 0 Å². The first-order valence-corrected chi connectivity index (χ1v) is 12.2. The summed E-state index contributed by atoms with van der Waals surface area (Å²) < 4.78 is 34.3. The number of anilines is 1. The van der Waals surface area contributed by atoms with E-state index in [4.69, 9.17) is 4.74 Å². The van der Waals surface area contributed by atoms with Gasteiger partial charge in [0.1, 0.15) is 11.5 Å². The van der Waals surface area contributed by atoms with Gasteiger partial charge in [-0.2, -0.15) is 0 Å². The summed E-state index contributed by atoms with van der Waals surface area (Å²) in [5, 5.41) is 2.92. The van der Waals surface area contributed by atoms with Gasteiger partial charge < -0.3 is 10.1 Å². The molecular weight excluding hydrogens is 448 g/mol. The predicted molar refractivity (Wildman–Crippen MR) is 133 cm³/mol. The largest absolute Gasteiger partial charge is 0.457 e. The van der Waals surface area contributed by atoms with Crippen molar-refractivity contribution in [2.24, 2.45) is 0 Å². The molecule has 0 heterocycles. The molecular formula is C27H24N2O4S. The summed E-state index contributed by atoms with van der Waals surface area (Å²) in [6.07, 6.45) is 0. The van der Waals surface area contributed by atoms with Crippen molar-refractivity contribution in [1.29, 1.82) is 0 Å². The van der Waals surface area contributed by atoms with Gasteiger partial charge in [-0.05, 0) is 61.0 Å². The van der Waals surface area contributed by atoms with Crippen LogP contribution in [0.5, 0.6) is 11.5 Å². The van der Waals surface area contributed by atoms with Crippen LogP contribution in [0, 0.1) is 0 Å². The van der Waals surface area contributed by atoms with Crippen molar-refractivity contribution in [1.82, 2.24) is 5.32 Å². The van der Waals surface area contributed by atoms with E-state index in [1.54, 1.807) is 36.4 Å². The number of benzene rings is 4. The van der Waals surface area contributed by atoms with E-state index in [1.165, 1.54) is 12.1 Å². The molecule has 0 aromatic heterocycles. The number of hydrogen-bond donors (Lipinski definition) is 2. The van der Waals surface area contributed by atoms with E-state index in [1.807, 2.05) is 67.6 Å². The molecule has 0 bridgehead atoms. The third-order valence-electron chi connectivity index (χ3n) is 5.18. The average molecular weight is 473 g/mol. The van der Waals surface area contributed by atoms with E-state index < -0.39 is 10.0 Å². The second kappa shape index (κ2) is 10.2. The maximum atomic E-state index is 13.0. The second-order valence-corrected chi connectivity index (χ2v) is 9.33. The van der Waals surface area contributed by atoms with E-state index in [0.717, 1.165) is 5.56 Å². The Hall–Kier alpha value is -4.10. The molecule has 4 rings (SSSR count). The highest BCUT2D eigenvalue weighted by Crippen LogP contribution is 2.25. The minimum atomic E-state index is -3.93. The number of carbonyl (C=O) groups is 1. The van der Waals surface area contributed by atoms with E-state index in [-0.39, 0.29) is 28.1 Å². The minimum absolute atomic E-state index is 0.0563. The summed E-state index contributed by atoms with van der Waals surface area (Å²) in [5.41, 5.74) is 1.38. The zero-order valence-electron chi connectivity index (χ0n) is 18.5. The summed E-state index contributed by atoms with van der Waals surface area (Å²) in [6, 6.07) is 31.1. The highest BCUT2D eigenvalue weighted by Gasteiger charge is 2.20. The zero-order valence-corrected chi connectivity index (χ0v) is 19.3. The molecule has 0 radical (unpaired) electrons. The van der Waals surface area contributed by atoms with Gasteiger partial charge in [0.05, 0.1) is 22.2 Å². The van der Waals surface area contributed by atoms with Crippen LogP contribution in [0.2, 0.25) is 0 Å². The van der Waals surface area contributed by atoms with Crippen molar-refractivity contribution >= 4 is 21.6 Å². The van der Waals surface area contributed by atoms with Crippen LogP contribution in [0.25, 0.3) is 0 Å². The van der Waals surface area contributed by atoms with Crippen LogP contribution >= 0.6 is 0 Å². The number of hydrogen-bond acceptors (Lipinski definition) is 4. The lowest BCUT2D eigenvalue weighted by Crippen LogP contribution is -2.28. The molecule has 6 nitrogen and oxygen atoms in total. The summed E-state index contributed by atoms with van der Waals surface area (Å²) in [4.78, 5) is 13.0. The Kier molecular flexibility index (Phi) is 6.94. The molecule has 34 heavy (non-hydrogen) atoms. The Labute approximate surface area is 199 Å². The van der Waals surface area contributed by atoms with Gasteiger partial charge in [0, 0.05) is 0 Å². The Morgan fingerprint density at radius 1 is 0.735 bits per heavy atom. The summed E-state index contributed by atoms with van der Waals surface area (Å²) in [7, 11) is -3.93. The molecule has 0 aliphatic carbocycles. The fraction of sp³-hybridized carbons (Fsp3) is 0.0741. The monoisotopic (exact) mass is 472 g/mol. The standard InChI is InChI=1S/C27H24N2O4S/c1-20(21-10-4-2-5-11-21)28-27(30)25-14-8-9-15-26(25)29-34(31,32)24-18-16-23(17-19-24)33-22-12-6-3-7-13-22/h2-20,29H,1H3,(H,28,30)/t20-/m1/s1. The average Bonchev–Trinajstić information content (AvgIpc) is 2.85. The van der Waals surface area contributed by atoms with Crippen LogP contribution < -0.4 is 14.8 Å². The van der Waals surface area contributed by atoms with Crippen LogP contribution in [0.15, 0.2) is 114 Å². The van der Waals surface area contributed by atoms with Crippen LogP contribution in [-0.4, -0.2) is 14.3 Å². The third-order valence-corrected chi connectivity index (χ3v) is 6.56. The lowest BCUT2D eigenvalue weighted by atomic mass is 10.1. The molecule has 1 atom stereocenters. The predicted octanol–water partition coefficient (Wildman–Crippen LogP) is 5.77. The first-order chi connectivity index (χ1) is 16.4. The highest BCUT2D eigenvalue weighted by atomic mass is 32.2. The fourth-order valence-corrected chi connectivity index (χ4v) is 4.46. The smallest absolute Gasteiger partial charge is 0.261 e. The molecule has 0 unspecified atom stereocenters. The van der Waals surface area contributed by atoms with Gasteiger partial charge in [-0.25, -0.2) is 8.42 Å². The third kappa shape index (κ3) is 5.63. The topological polar surface area (TPSA) is 84.5 Å². The number of sulfonamides is 1. The zero-order chi connectivity index (χ0) is 24.0. The van der Waals surface area contributed by atoms with Crippen molar-refractivity contribution in [2.45, 2.75) is 17.9 Å². The molecule has 7 heteroatoms. The maximum absolute atomic E-state index is 13.0. The number of rotatable bonds is 8. The molecule has 4 aromatic rings. The van der Waals surface area contributed by atoms with Crippen LogP contribution in [0.4, 0.5) is 5.69 Å². The Balaban J connectivity index is 1.49. The molecule has 2 N–H and O–H groups in total. The lowest BCUT2D eigenvalue weighted by molar-refractivity contribution is 0.0941.